The largest absolute Gasteiger partial charge is 0.361 e. The normalized spacial score (nSPS) is 13.2. The molecule has 0 aliphatic carbocycles. The summed E-state index contributed by atoms with van der Waals surface area (Å²) in [5, 5.41) is 0.975. The molecule has 1 unspecified atom stereocenters. The summed E-state index contributed by atoms with van der Waals surface area (Å²) in [5.41, 5.74) is 8.02. The van der Waals surface area contributed by atoms with E-state index in [9.17, 15) is 4.39 Å². The Morgan fingerprint density at radius 1 is 1.44 bits per heavy atom. The number of H-pyrrole nitrogens is 1. The second kappa shape index (κ2) is 4.66. The molecule has 16 heavy (non-hydrogen) atoms. The molecule has 0 amide bonds. The number of halogens is 1. The van der Waals surface area contributed by atoms with Gasteiger partial charge in [0.1, 0.15) is 5.82 Å². The quantitative estimate of drug-likeness (QED) is 0.817. The number of aromatic nitrogens is 1. The van der Waals surface area contributed by atoms with E-state index in [0.29, 0.717) is 0 Å². The van der Waals surface area contributed by atoms with E-state index in [2.05, 4.69) is 11.9 Å². The van der Waals surface area contributed by atoms with Gasteiger partial charge in [0.05, 0.1) is 0 Å². The number of rotatable bonds is 4. The predicted molar refractivity (Wildman–Crippen MR) is 64.8 cm³/mol. The van der Waals surface area contributed by atoms with Crippen molar-refractivity contribution in [2.75, 3.05) is 0 Å². The molecule has 0 bridgehead atoms. The Kier molecular flexibility index (Phi) is 3.25. The summed E-state index contributed by atoms with van der Waals surface area (Å²) >= 11 is 0. The van der Waals surface area contributed by atoms with Gasteiger partial charge in [-0.3, -0.25) is 0 Å². The minimum Gasteiger partial charge on any atom is -0.361 e. The topological polar surface area (TPSA) is 41.8 Å². The van der Waals surface area contributed by atoms with Crippen molar-refractivity contribution in [1.82, 2.24) is 4.98 Å². The van der Waals surface area contributed by atoms with E-state index in [0.717, 1.165) is 35.7 Å². The number of hydrogen-bond acceptors (Lipinski definition) is 1. The highest BCUT2D eigenvalue weighted by molar-refractivity contribution is 5.83. The first-order chi connectivity index (χ1) is 7.70. The number of fused-ring (bicyclic) bond motifs is 1. The van der Waals surface area contributed by atoms with Crippen LogP contribution >= 0.6 is 0 Å². The molecule has 0 saturated carbocycles. The fraction of sp³-hybridized carbons (Fsp3) is 0.385. The molecule has 0 radical (unpaired) electrons. The van der Waals surface area contributed by atoms with Crippen molar-refractivity contribution in [1.29, 1.82) is 0 Å². The van der Waals surface area contributed by atoms with Gasteiger partial charge in [-0.25, -0.2) is 4.39 Å². The van der Waals surface area contributed by atoms with Crippen LogP contribution in [0.4, 0.5) is 4.39 Å². The van der Waals surface area contributed by atoms with Gasteiger partial charge in [-0.2, -0.15) is 0 Å². The zero-order chi connectivity index (χ0) is 11.5. The monoisotopic (exact) mass is 220 g/mol. The number of aromatic amines is 1. The maximum Gasteiger partial charge on any atom is 0.123 e. The SMILES string of the molecule is CCC(N)CCc1c[nH]c2ccc(F)cc12. The van der Waals surface area contributed by atoms with Crippen molar-refractivity contribution in [3.05, 3.63) is 35.8 Å². The van der Waals surface area contributed by atoms with Gasteiger partial charge in [0.25, 0.3) is 0 Å². The molecule has 0 aliphatic rings. The number of aryl methyl sites for hydroxylation is 1. The average Bonchev–Trinajstić information content (AvgIpc) is 2.68. The summed E-state index contributed by atoms with van der Waals surface area (Å²) in [6, 6.07) is 5.06. The highest BCUT2D eigenvalue weighted by atomic mass is 19.1. The van der Waals surface area contributed by atoms with Gasteiger partial charge in [0, 0.05) is 23.1 Å². The molecular formula is C13H17FN2. The summed E-state index contributed by atoms with van der Waals surface area (Å²) in [6.45, 7) is 2.08. The molecule has 1 heterocycles. The Hall–Kier alpha value is -1.35. The first-order valence-corrected chi connectivity index (χ1v) is 5.71. The molecule has 0 fully saturated rings. The number of nitrogens with two attached hydrogens (primary N) is 1. The van der Waals surface area contributed by atoms with E-state index in [1.807, 2.05) is 6.20 Å². The van der Waals surface area contributed by atoms with Crippen LogP contribution in [0.1, 0.15) is 25.3 Å². The second-order valence-electron chi connectivity index (χ2n) is 4.21. The summed E-state index contributed by atoms with van der Waals surface area (Å²) in [5.74, 6) is -0.187. The maximum absolute atomic E-state index is 13.1. The second-order valence-corrected chi connectivity index (χ2v) is 4.21. The molecule has 2 nitrogen and oxygen atoms in total. The molecule has 0 aliphatic heterocycles. The molecule has 0 saturated heterocycles. The van der Waals surface area contributed by atoms with Crippen molar-refractivity contribution in [3.63, 3.8) is 0 Å². The molecule has 2 aromatic rings. The third-order valence-electron chi connectivity index (χ3n) is 3.04. The van der Waals surface area contributed by atoms with Gasteiger partial charge < -0.3 is 10.7 Å². The minimum absolute atomic E-state index is 0.187. The van der Waals surface area contributed by atoms with E-state index in [4.69, 9.17) is 5.73 Å². The van der Waals surface area contributed by atoms with Crippen molar-refractivity contribution < 1.29 is 4.39 Å². The Bertz CT molecular complexity index is 476. The van der Waals surface area contributed by atoms with Crippen molar-refractivity contribution >= 4 is 10.9 Å². The number of hydrogen-bond donors (Lipinski definition) is 2. The van der Waals surface area contributed by atoms with Crippen molar-refractivity contribution in [3.8, 4) is 0 Å². The summed E-state index contributed by atoms with van der Waals surface area (Å²) < 4.78 is 13.1. The van der Waals surface area contributed by atoms with Crippen molar-refractivity contribution in [2.45, 2.75) is 32.2 Å². The van der Waals surface area contributed by atoms with Crippen molar-refractivity contribution in [2.24, 2.45) is 5.73 Å². The lowest BCUT2D eigenvalue weighted by atomic mass is 10.0. The Balaban J connectivity index is 2.21. The fourth-order valence-electron chi connectivity index (χ4n) is 1.90. The van der Waals surface area contributed by atoms with E-state index in [1.54, 1.807) is 12.1 Å². The van der Waals surface area contributed by atoms with Gasteiger partial charge in [-0.15, -0.1) is 0 Å². The third kappa shape index (κ3) is 2.25. The van der Waals surface area contributed by atoms with Crippen LogP contribution in [0.2, 0.25) is 0 Å². The van der Waals surface area contributed by atoms with Gasteiger partial charge in [-0.05, 0) is 43.0 Å². The lowest BCUT2D eigenvalue weighted by molar-refractivity contribution is 0.597. The van der Waals surface area contributed by atoms with Crippen LogP contribution in [-0.4, -0.2) is 11.0 Å². The molecule has 3 N–H and O–H groups in total. The number of benzene rings is 1. The highest BCUT2D eigenvalue weighted by Crippen LogP contribution is 2.21. The van der Waals surface area contributed by atoms with Gasteiger partial charge in [-0.1, -0.05) is 6.92 Å². The van der Waals surface area contributed by atoms with Gasteiger partial charge in [0.15, 0.2) is 0 Å². The van der Waals surface area contributed by atoms with Crippen LogP contribution < -0.4 is 5.73 Å². The number of nitrogens with one attached hydrogen (secondary N) is 1. The molecule has 1 atom stereocenters. The first-order valence-electron chi connectivity index (χ1n) is 5.71. The Morgan fingerprint density at radius 3 is 3.00 bits per heavy atom. The minimum atomic E-state index is -0.187. The van der Waals surface area contributed by atoms with Crippen LogP contribution in [0, 0.1) is 5.82 Å². The summed E-state index contributed by atoms with van der Waals surface area (Å²) in [4.78, 5) is 3.15. The molecular weight excluding hydrogens is 203 g/mol. The lowest BCUT2D eigenvalue weighted by Gasteiger charge is -2.07. The molecule has 1 aromatic heterocycles. The standard InChI is InChI=1S/C13H17FN2/c1-2-11(15)5-3-9-8-16-13-6-4-10(14)7-12(9)13/h4,6-8,11,16H,2-3,5,15H2,1H3. The molecule has 86 valence electrons. The van der Waals surface area contributed by atoms with Crippen LogP contribution in [0.25, 0.3) is 10.9 Å². The maximum atomic E-state index is 13.1. The zero-order valence-electron chi connectivity index (χ0n) is 9.46. The van der Waals surface area contributed by atoms with Crippen LogP contribution in [0.5, 0.6) is 0 Å². The van der Waals surface area contributed by atoms with E-state index < -0.39 is 0 Å². The van der Waals surface area contributed by atoms with Crippen LogP contribution in [0.3, 0.4) is 0 Å². The molecule has 3 heteroatoms. The lowest BCUT2D eigenvalue weighted by Crippen LogP contribution is -2.18. The summed E-state index contributed by atoms with van der Waals surface area (Å²) in [6.07, 6.45) is 4.78. The highest BCUT2D eigenvalue weighted by Gasteiger charge is 2.06. The molecule has 1 aromatic carbocycles. The first kappa shape index (κ1) is 11.1. The Morgan fingerprint density at radius 2 is 2.25 bits per heavy atom. The summed E-state index contributed by atoms with van der Waals surface area (Å²) in [7, 11) is 0. The van der Waals surface area contributed by atoms with E-state index in [1.165, 1.54) is 6.07 Å². The smallest absolute Gasteiger partial charge is 0.123 e. The van der Waals surface area contributed by atoms with E-state index >= 15 is 0 Å². The zero-order valence-corrected chi connectivity index (χ0v) is 9.46. The van der Waals surface area contributed by atoms with Crippen LogP contribution in [0.15, 0.2) is 24.4 Å². The average molecular weight is 220 g/mol. The van der Waals surface area contributed by atoms with E-state index in [-0.39, 0.29) is 11.9 Å². The van der Waals surface area contributed by atoms with Gasteiger partial charge >= 0.3 is 0 Å². The molecule has 0 spiro atoms. The fourth-order valence-corrected chi connectivity index (χ4v) is 1.90. The van der Waals surface area contributed by atoms with Crippen LogP contribution in [-0.2, 0) is 6.42 Å². The molecule has 2 rings (SSSR count). The Labute approximate surface area is 94.7 Å². The predicted octanol–water partition coefficient (Wildman–Crippen LogP) is 2.98. The van der Waals surface area contributed by atoms with Gasteiger partial charge in [0.2, 0.25) is 0 Å². The third-order valence-corrected chi connectivity index (χ3v) is 3.04.